The first-order chi connectivity index (χ1) is 11.2. The Morgan fingerprint density at radius 1 is 1.13 bits per heavy atom. The first-order valence-corrected chi connectivity index (χ1v) is 7.83. The molecule has 0 saturated carbocycles. The smallest absolute Gasteiger partial charge is 0.187 e. The zero-order chi connectivity index (χ0) is 16.1. The number of aromatic nitrogens is 1. The Balaban J connectivity index is 1.60. The molecular formula is C18H18N4S. The second kappa shape index (κ2) is 7.07. The van der Waals surface area contributed by atoms with Crippen LogP contribution in [0.2, 0.25) is 0 Å². The standard InChI is InChI=1S/C18H18N4S/c1-13-16(15-9-5-6-10-17(15)21-13)12-20-22-18(23)19-11-14-7-3-2-4-8-14/h2-10,12,21H,11H2,1H3,(H2,19,22,23). The van der Waals surface area contributed by atoms with Crippen molar-refractivity contribution >= 4 is 34.4 Å². The van der Waals surface area contributed by atoms with Crippen LogP contribution in [0.4, 0.5) is 0 Å². The zero-order valence-corrected chi connectivity index (χ0v) is 13.7. The van der Waals surface area contributed by atoms with E-state index in [0.29, 0.717) is 11.7 Å². The fourth-order valence-electron chi connectivity index (χ4n) is 2.44. The minimum Gasteiger partial charge on any atom is -0.358 e. The van der Waals surface area contributed by atoms with Crippen molar-refractivity contribution < 1.29 is 0 Å². The minimum atomic E-state index is 0.502. The Morgan fingerprint density at radius 2 is 1.87 bits per heavy atom. The van der Waals surface area contributed by atoms with E-state index in [0.717, 1.165) is 22.2 Å². The Bertz CT molecular complexity index is 837. The van der Waals surface area contributed by atoms with Gasteiger partial charge < -0.3 is 10.3 Å². The Morgan fingerprint density at radius 3 is 2.70 bits per heavy atom. The predicted octanol–water partition coefficient (Wildman–Crippen LogP) is 3.47. The second-order valence-corrected chi connectivity index (χ2v) is 5.66. The maximum atomic E-state index is 5.23. The number of rotatable bonds is 4. The van der Waals surface area contributed by atoms with Crippen LogP contribution in [-0.4, -0.2) is 16.3 Å². The summed E-state index contributed by atoms with van der Waals surface area (Å²) in [4.78, 5) is 3.34. The van der Waals surface area contributed by atoms with Crippen molar-refractivity contribution in [1.82, 2.24) is 15.7 Å². The van der Waals surface area contributed by atoms with Gasteiger partial charge in [-0.2, -0.15) is 5.10 Å². The number of thiocarbonyl (C=S) groups is 1. The molecule has 116 valence electrons. The molecule has 0 aliphatic carbocycles. The molecule has 23 heavy (non-hydrogen) atoms. The summed E-state index contributed by atoms with van der Waals surface area (Å²) in [5.41, 5.74) is 7.29. The van der Waals surface area contributed by atoms with Gasteiger partial charge >= 0.3 is 0 Å². The number of aryl methyl sites for hydroxylation is 1. The molecule has 0 amide bonds. The first-order valence-electron chi connectivity index (χ1n) is 7.42. The molecule has 1 heterocycles. The largest absolute Gasteiger partial charge is 0.358 e. The van der Waals surface area contributed by atoms with Gasteiger partial charge in [0.05, 0.1) is 6.21 Å². The van der Waals surface area contributed by atoms with Crippen molar-refractivity contribution in [3.63, 3.8) is 0 Å². The Hall–Kier alpha value is -2.66. The van der Waals surface area contributed by atoms with Crippen molar-refractivity contribution in [3.05, 3.63) is 71.4 Å². The molecule has 0 fully saturated rings. The number of fused-ring (bicyclic) bond motifs is 1. The summed E-state index contributed by atoms with van der Waals surface area (Å²) in [6.45, 7) is 2.71. The number of hydrogen-bond acceptors (Lipinski definition) is 2. The highest BCUT2D eigenvalue weighted by Gasteiger charge is 2.05. The molecule has 0 unspecified atom stereocenters. The quantitative estimate of drug-likeness (QED) is 0.392. The number of hydrogen-bond donors (Lipinski definition) is 3. The molecule has 4 nitrogen and oxygen atoms in total. The lowest BCUT2D eigenvalue weighted by molar-refractivity contribution is 0.869. The summed E-state index contributed by atoms with van der Waals surface area (Å²) >= 11 is 5.23. The number of benzene rings is 2. The maximum Gasteiger partial charge on any atom is 0.187 e. The van der Waals surface area contributed by atoms with E-state index in [1.54, 1.807) is 6.21 Å². The predicted molar refractivity (Wildman–Crippen MR) is 99.6 cm³/mol. The molecule has 0 aliphatic rings. The lowest BCUT2D eigenvalue weighted by Crippen LogP contribution is -2.31. The van der Waals surface area contributed by atoms with Gasteiger partial charge in [0, 0.05) is 28.7 Å². The van der Waals surface area contributed by atoms with Crippen LogP contribution in [-0.2, 0) is 6.54 Å². The maximum absolute atomic E-state index is 5.23. The van der Waals surface area contributed by atoms with Crippen molar-refractivity contribution in [1.29, 1.82) is 0 Å². The second-order valence-electron chi connectivity index (χ2n) is 5.25. The molecule has 2 aromatic carbocycles. The van der Waals surface area contributed by atoms with Crippen molar-refractivity contribution in [2.75, 3.05) is 0 Å². The molecule has 0 atom stereocenters. The molecule has 0 spiro atoms. The minimum absolute atomic E-state index is 0.502. The van der Waals surface area contributed by atoms with Gasteiger partial charge in [-0.3, -0.25) is 5.43 Å². The van der Waals surface area contributed by atoms with Crippen LogP contribution in [0.15, 0.2) is 59.7 Å². The lowest BCUT2D eigenvalue weighted by atomic mass is 10.1. The summed E-state index contributed by atoms with van der Waals surface area (Å²) in [5.74, 6) is 0. The monoisotopic (exact) mass is 322 g/mol. The summed E-state index contributed by atoms with van der Waals surface area (Å²) in [6.07, 6.45) is 1.80. The van der Waals surface area contributed by atoms with Crippen LogP contribution in [0, 0.1) is 6.92 Å². The molecule has 5 heteroatoms. The number of nitrogens with zero attached hydrogens (tertiary/aromatic N) is 1. The van der Waals surface area contributed by atoms with Gasteiger partial charge in [0.2, 0.25) is 0 Å². The van der Waals surface area contributed by atoms with Gasteiger partial charge in [-0.25, -0.2) is 0 Å². The van der Waals surface area contributed by atoms with Gasteiger partial charge in [-0.05, 0) is 30.8 Å². The third-order valence-electron chi connectivity index (χ3n) is 3.60. The van der Waals surface area contributed by atoms with E-state index >= 15 is 0 Å². The van der Waals surface area contributed by atoms with Crippen LogP contribution in [0.3, 0.4) is 0 Å². The van der Waals surface area contributed by atoms with E-state index in [2.05, 4.69) is 33.0 Å². The highest BCUT2D eigenvalue weighted by atomic mass is 32.1. The molecule has 0 radical (unpaired) electrons. The fourth-order valence-corrected chi connectivity index (χ4v) is 2.56. The SMILES string of the molecule is Cc1[nH]c2ccccc2c1C=NNC(=S)NCc1ccccc1. The van der Waals surface area contributed by atoms with E-state index in [1.807, 2.05) is 49.4 Å². The summed E-state index contributed by atoms with van der Waals surface area (Å²) in [7, 11) is 0. The summed E-state index contributed by atoms with van der Waals surface area (Å²) in [6, 6.07) is 18.3. The summed E-state index contributed by atoms with van der Waals surface area (Å²) in [5, 5.41) is 9.02. The van der Waals surface area contributed by atoms with E-state index in [9.17, 15) is 0 Å². The fraction of sp³-hybridized carbons (Fsp3) is 0.111. The molecule has 0 aliphatic heterocycles. The number of aromatic amines is 1. The average molecular weight is 322 g/mol. The van der Waals surface area contributed by atoms with E-state index in [1.165, 1.54) is 5.56 Å². The molecule has 1 aromatic heterocycles. The first kappa shape index (κ1) is 15.2. The Kier molecular flexibility index (Phi) is 4.68. The van der Waals surface area contributed by atoms with Gasteiger partial charge in [0.15, 0.2) is 5.11 Å². The average Bonchev–Trinajstić information content (AvgIpc) is 2.90. The molecule has 3 rings (SSSR count). The molecular weight excluding hydrogens is 304 g/mol. The molecule has 3 aromatic rings. The number of para-hydroxylation sites is 1. The number of H-pyrrole nitrogens is 1. The topological polar surface area (TPSA) is 52.2 Å². The molecule has 3 N–H and O–H groups in total. The third kappa shape index (κ3) is 3.76. The van der Waals surface area contributed by atoms with Crippen molar-refractivity contribution in [2.24, 2.45) is 5.10 Å². The Labute approximate surface area is 140 Å². The summed E-state index contributed by atoms with van der Waals surface area (Å²) < 4.78 is 0. The van der Waals surface area contributed by atoms with Crippen LogP contribution in [0.25, 0.3) is 10.9 Å². The van der Waals surface area contributed by atoms with E-state index in [-0.39, 0.29) is 0 Å². The third-order valence-corrected chi connectivity index (χ3v) is 3.83. The van der Waals surface area contributed by atoms with E-state index < -0.39 is 0 Å². The van der Waals surface area contributed by atoms with Crippen LogP contribution in [0.5, 0.6) is 0 Å². The van der Waals surface area contributed by atoms with Gasteiger partial charge in [0.25, 0.3) is 0 Å². The van der Waals surface area contributed by atoms with Crippen molar-refractivity contribution in [2.45, 2.75) is 13.5 Å². The van der Waals surface area contributed by atoms with Crippen molar-refractivity contribution in [3.8, 4) is 0 Å². The molecule has 0 saturated heterocycles. The van der Waals surface area contributed by atoms with Crippen LogP contribution in [0.1, 0.15) is 16.8 Å². The number of hydrazone groups is 1. The molecule has 0 bridgehead atoms. The van der Waals surface area contributed by atoms with Gasteiger partial charge in [0.1, 0.15) is 0 Å². The zero-order valence-electron chi connectivity index (χ0n) is 12.8. The highest BCUT2D eigenvalue weighted by Crippen LogP contribution is 2.19. The van der Waals surface area contributed by atoms with Crippen LogP contribution < -0.4 is 10.7 Å². The highest BCUT2D eigenvalue weighted by molar-refractivity contribution is 7.80. The van der Waals surface area contributed by atoms with Crippen LogP contribution >= 0.6 is 12.2 Å². The number of nitrogens with one attached hydrogen (secondary N) is 3. The van der Waals surface area contributed by atoms with E-state index in [4.69, 9.17) is 12.2 Å². The normalized spacial score (nSPS) is 11.0. The van der Waals surface area contributed by atoms with Gasteiger partial charge in [-0.1, -0.05) is 48.5 Å². The van der Waals surface area contributed by atoms with Gasteiger partial charge in [-0.15, -0.1) is 0 Å². The lowest BCUT2D eigenvalue weighted by Gasteiger charge is -2.06.